The fourth-order valence-corrected chi connectivity index (χ4v) is 3.32. The Bertz CT molecular complexity index is 1040. The number of aromatic nitrogens is 3. The van der Waals surface area contributed by atoms with Crippen molar-refractivity contribution in [1.82, 2.24) is 14.6 Å². The minimum absolute atomic E-state index is 0.182. The van der Waals surface area contributed by atoms with Gasteiger partial charge in [0.05, 0.1) is 25.0 Å². The zero-order chi connectivity index (χ0) is 21.2. The highest BCUT2D eigenvalue weighted by Crippen LogP contribution is 2.32. The summed E-state index contributed by atoms with van der Waals surface area (Å²) in [5.41, 5.74) is -0.0763. The number of hydrogen-bond donors (Lipinski definition) is 1. The number of amides is 1. The van der Waals surface area contributed by atoms with E-state index in [9.17, 15) is 18.0 Å². The number of carbonyl (C=O) groups is 1. The van der Waals surface area contributed by atoms with Crippen LogP contribution in [0.3, 0.4) is 0 Å². The second-order valence-corrected chi connectivity index (χ2v) is 7.25. The van der Waals surface area contributed by atoms with E-state index in [4.69, 9.17) is 9.47 Å². The van der Waals surface area contributed by atoms with Crippen LogP contribution in [-0.4, -0.2) is 40.0 Å². The first-order valence-electron chi connectivity index (χ1n) is 8.34. The first kappa shape index (κ1) is 20.8. The maximum atomic E-state index is 13.0. The summed E-state index contributed by atoms with van der Waals surface area (Å²) in [7, 11) is 2.98. The standard InChI is InChI=1S/C18H17F3N4O3S/c1-10(16(26)22-12-5-6-13(27-2)14(8-12)28-3)29-17-24-23-15-7-4-11(9-25(15)17)18(19,20)21/h4-10H,1-3H3,(H,22,26). The summed E-state index contributed by atoms with van der Waals surface area (Å²) >= 11 is 0.998. The Morgan fingerprint density at radius 2 is 1.86 bits per heavy atom. The van der Waals surface area contributed by atoms with E-state index >= 15 is 0 Å². The fraction of sp³-hybridized carbons (Fsp3) is 0.278. The lowest BCUT2D eigenvalue weighted by molar-refractivity contribution is -0.137. The zero-order valence-electron chi connectivity index (χ0n) is 15.6. The number of fused-ring (bicyclic) bond motifs is 1. The monoisotopic (exact) mass is 426 g/mol. The number of ether oxygens (including phenoxy) is 2. The van der Waals surface area contributed by atoms with Crippen LogP contribution in [0.5, 0.6) is 11.5 Å². The lowest BCUT2D eigenvalue weighted by Gasteiger charge is -2.13. The second kappa shape index (κ2) is 8.19. The van der Waals surface area contributed by atoms with Crippen molar-refractivity contribution in [2.24, 2.45) is 0 Å². The Morgan fingerprint density at radius 3 is 2.52 bits per heavy atom. The highest BCUT2D eigenvalue weighted by molar-refractivity contribution is 8.00. The van der Waals surface area contributed by atoms with Crippen molar-refractivity contribution in [2.75, 3.05) is 19.5 Å². The third-order valence-electron chi connectivity index (χ3n) is 4.00. The molecule has 3 rings (SSSR count). The molecule has 1 aromatic carbocycles. The van der Waals surface area contributed by atoms with E-state index in [1.165, 1.54) is 24.7 Å². The average molecular weight is 426 g/mol. The van der Waals surface area contributed by atoms with Gasteiger partial charge >= 0.3 is 6.18 Å². The molecule has 0 bridgehead atoms. The average Bonchev–Trinajstić information content (AvgIpc) is 3.09. The van der Waals surface area contributed by atoms with Crippen molar-refractivity contribution in [1.29, 1.82) is 0 Å². The van der Waals surface area contributed by atoms with Gasteiger partial charge in [0.25, 0.3) is 0 Å². The minimum Gasteiger partial charge on any atom is -0.493 e. The van der Waals surface area contributed by atoms with Gasteiger partial charge in [0.1, 0.15) is 0 Å². The van der Waals surface area contributed by atoms with Gasteiger partial charge < -0.3 is 14.8 Å². The summed E-state index contributed by atoms with van der Waals surface area (Å²) in [4.78, 5) is 12.5. The van der Waals surface area contributed by atoms with Crippen LogP contribution >= 0.6 is 11.8 Å². The Hall–Kier alpha value is -2.95. The summed E-state index contributed by atoms with van der Waals surface area (Å²) in [6, 6.07) is 7.08. The number of rotatable bonds is 6. The molecule has 0 saturated carbocycles. The summed E-state index contributed by atoms with van der Waals surface area (Å²) < 4.78 is 50.4. The van der Waals surface area contributed by atoms with Gasteiger partial charge in [0, 0.05) is 18.0 Å². The van der Waals surface area contributed by atoms with Crippen molar-refractivity contribution >= 4 is 29.0 Å². The predicted octanol–water partition coefficient (Wildman–Crippen LogP) is 3.88. The van der Waals surface area contributed by atoms with Crippen molar-refractivity contribution < 1.29 is 27.4 Å². The van der Waals surface area contributed by atoms with Crippen LogP contribution in [0.4, 0.5) is 18.9 Å². The van der Waals surface area contributed by atoms with Gasteiger partial charge in [-0.2, -0.15) is 13.2 Å². The quantitative estimate of drug-likeness (QED) is 0.603. The van der Waals surface area contributed by atoms with E-state index in [1.807, 2.05) is 0 Å². The number of halogens is 3. The maximum Gasteiger partial charge on any atom is 0.417 e. The minimum atomic E-state index is -4.49. The van der Waals surface area contributed by atoms with Crippen LogP contribution in [-0.2, 0) is 11.0 Å². The normalized spacial score (nSPS) is 12.6. The molecule has 1 N–H and O–H groups in total. The van der Waals surface area contributed by atoms with Crippen molar-refractivity contribution in [3.05, 3.63) is 42.1 Å². The molecular formula is C18H17F3N4O3S. The van der Waals surface area contributed by atoms with Crippen LogP contribution in [0.15, 0.2) is 41.7 Å². The second-order valence-electron chi connectivity index (χ2n) is 5.95. The number of hydrogen-bond acceptors (Lipinski definition) is 6. The molecule has 1 unspecified atom stereocenters. The fourth-order valence-electron chi connectivity index (χ4n) is 2.49. The van der Waals surface area contributed by atoms with Gasteiger partial charge in [-0.05, 0) is 31.2 Å². The summed E-state index contributed by atoms with van der Waals surface area (Å²) in [5.74, 6) is 0.614. The number of benzene rings is 1. The summed E-state index contributed by atoms with van der Waals surface area (Å²) in [5, 5.41) is 10.00. The van der Waals surface area contributed by atoms with Gasteiger partial charge in [0.15, 0.2) is 22.3 Å². The van der Waals surface area contributed by atoms with Crippen molar-refractivity contribution in [2.45, 2.75) is 23.5 Å². The lowest BCUT2D eigenvalue weighted by Crippen LogP contribution is -2.22. The Kier molecular flexibility index (Phi) is 5.87. The molecule has 7 nitrogen and oxygen atoms in total. The molecule has 0 aliphatic heterocycles. The maximum absolute atomic E-state index is 13.0. The number of alkyl halides is 3. The molecule has 0 aliphatic rings. The Balaban J connectivity index is 1.76. The molecule has 0 spiro atoms. The zero-order valence-corrected chi connectivity index (χ0v) is 16.5. The van der Waals surface area contributed by atoms with E-state index in [-0.39, 0.29) is 16.7 Å². The molecule has 1 amide bonds. The number of methoxy groups -OCH3 is 2. The number of thioether (sulfide) groups is 1. The van der Waals surface area contributed by atoms with Crippen LogP contribution in [0, 0.1) is 0 Å². The molecule has 11 heteroatoms. The molecule has 3 aromatic rings. The SMILES string of the molecule is COc1ccc(NC(=O)C(C)Sc2nnc3ccc(C(F)(F)F)cn23)cc1OC. The van der Waals surface area contributed by atoms with Crippen LogP contribution in [0.1, 0.15) is 12.5 Å². The highest BCUT2D eigenvalue weighted by Gasteiger charge is 2.31. The van der Waals surface area contributed by atoms with Gasteiger partial charge in [-0.15, -0.1) is 10.2 Å². The van der Waals surface area contributed by atoms with Crippen LogP contribution in [0.25, 0.3) is 5.65 Å². The van der Waals surface area contributed by atoms with Crippen LogP contribution in [0.2, 0.25) is 0 Å². The van der Waals surface area contributed by atoms with Crippen molar-refractivity contribution in [3.63, 3.8) is 0 Å². The smallest absolute Gasteiger partial charge is 0.417 e. The molecule has 1 atom stereocenters. The predicted molar refractivity (Wildman–Crippen MR) is 101 cm³/mol. The first-order valence-corrected chi connectivity index (χ1v) is 9.22. The van der Waals surface area contributed by atoms with Crippen LogP contribution < -0.4 is 14.8 Å². The molecule has 0 saturated heterocycles. The Morgan fingerprint density at radius 1 is 1.14 bits per heavy atom. The number of carbonyl (C=O) groups excluding carboxylic acids is 1. The van der Waals surface area contributed by atoms with Crippen molar-refractivity contribution in [3.8, 4) is 11.5 Å². The van der Waals surface area contributed by atoms with Gasteiger partial charge in [-0.25, -0.2) is 0 Å². The summed E-state index contributed by atoms with van der Waals surface area (Å²) in [6.45, 7) is 1.62. The molecule has 0 fully saturated rings. The highest BCUT2D eigenvalue weighted by atomic mass is 32.2. The Labute approximate surface area is 168 Å². The summed E-state index contributed by atoms with van der Waals surface area (Å²) in [6.07, 6.45) is -3.58. The largest absolute Gasteiger partial charge is 0.493 e. The molecular weight excluding hydrogens is 409 g/mol. The van der Waals surface area contributed by atoms with Gasteiger partial charge in [-0.1, -0.05) is 11.8 Å². The molecule has 2 heterocycles. The third kappa shape index (κ3) is 4.56. The first-order chi connectivity index (χ1) is 13.7. The topological polar surface area (TPSA) is 77.8 Å². The molecule has 29 heavy (non-hydrogen) atoms. The number of anilines is 1. The van der Waals surface area contributed by atoms with E-state index in [0.29, 0.717) is 17.2 Å². The van der Waals surface area contributed by atoms with E-state index in [1.54, 1.807) is 25.1 Å². The van der Waals surface area contributed by atoms with Gasteiger partial charge in [0.2, 0.25) is 5.91 Å². The van der Waals surface area contributed by atoms with Gasteiger partial charge in [-0.3, -0.25) is 9.20 Å². The number of pyridine rings is 1. The molecule has 2 aromatic heterocycles. The van der Waals surface area contributed by atoms with E-state index in [2.05, 4.69) is 15.5 Å². The lowest BCUT2D eigenvalue weighted by atomic mass is 10.2. The van der Waals surface area contributed by atoms with E-state index in [0.717, 1.165) is 24.0 Å². The third-order valence-corrected chi connectivity index (χ3v) is 5.06. The van der Waals surface area contributed by atoms with E-state index < -0.39 is 17.0 Å². The number of nitrogens with zero attached hydrogens (tertiary/aromatic N) is 3. The molecule has 0 radical (unpaired) electrons. The molecule has 154 valence electrons. The number of nitrogens with one attached hydrogen (secondary N) is 1. The molecule has 0 aliphatic carbocycles.